The van der Waals surface area contributed by atoms with Crippen molar-refractivity contribution in [2.24, 2.45) is 17.8 Å². The van der Waals surface area contributed by atoms with Gasteiger partial charge in [-0.15, -0.1) is 0 Å². The predicted molar refractivity (Wildman–Crippen MR) is 143 cm³/mol. The lowest BCUT2D eigenvalue weighted by atomic mass is 9.81. The van der Waals surface area contributed by atoms with Gasteiger partial charge in [0.25, 0.3) is 0 Å². The largest absolute Gasteiger partial charge is 0.503 e. The number of anilines is 1. The van der Waals surface area contributed by atoms with E-state index in [0.717, 1.165) is 0 Å². The monoisotopic (exact) mass is 554 g/mol. The maximum Gasteiger partial charge on any atom is 0.308 e. The zero-order chi connectivity index (χ0) is 29.7. The van der Waals surface area contributed by atoms with Crippen LogP contribution in [0.4, 0.5) is 5.82 Å². The molecule has 11 nitrogen and oxygen atoms in total. The number of benzene rings is 1. The highest BCUT2D eigenvalue weighted by Gasteiger charge is 2.46. The number of esters is 1. The van der Waals surface area contributed by atoms with Crippen LogP contribution < -0.4 is 14.8 Å². The number of nitrogens with zero attached hydrogens (tertiary/aromatic N) is 1. The minimum absolute atomic E-state index is 0.0229. The number of aromatic hydroxyl groups is 1. The Morgan fingerprint density at radius 1 is 1.02 bits per heavy atom. The van der Waals surface area contributed by atoms with E-state index in [-0.39, 0.29) is 35.2 Å². The molecule has 1 aliphatic rings. The fourth-order valence-electron chi connectivity index (χ4n) is 4.57. The summed E-state index contributed by atoms with van der Waals surface area (Å²) in [6, 6.07) is 7.34. The van der Waals surface area contributed by atoms with Gasteiger partial charge in [0.15, 0.2) is 11.6 Å². The van der Waals surface area contributed by atoms with Gasteiger partial charge in [-0.25, -0.2) is 4.98 Å². The third-order valence-corrected chi connectivity index (χ3v) is 6.86. The van der Waals surface area contributed by atoms with Gasteiger partial charge in [0.05, 0.1) is 37.7 Å². The Kier molecular flexibility index (Phi) is 9.62. The summed E-state index contributed by atoms with van der Waals surface area (Å²) in [6.07, 6.45) is -1.97. The van der Waals surface area contributed by atoms with Crippen molar-refractivity contribution in [1.29, 1.82) is 0 Å². The molecule has 0 bridgehead atoms. The van der Waals surface area contributed by atoms with Crippen LogP contribution >= 0.6 is 0 Å². The summed E-state index contributed by atoms with van der Waals surface area (Å²) >= 11 is 0. The molecule has 11 heteroatoms. The van der Waals surface area contributed by atoms with E-state index in [0.29, 0.717) is 5.56 Å². The number of ketones is 4. The first kappa shape index (κ1) is 30.3. The SMILES string of the molecule is COc1c(N[C@H]2CC(=O)C(=O)[C@H](Cc3ccccc3)[C@H](OC(=O)C(C)C)[C@H](C)C(=O)C2=O)nc(C)c(O)c1OC. The number of carbonyl (C=O) groups is 5. The van der Waals surface area contributed by atoms with Crippen molar-refractivity contribution in [2.75, 3.05) is 19.5 Å². The molecular formula is C29H34N2O9. The zero-order valence-corrected chi connectivity index (χ0v) is 23.3. The second-order valence-corrected chi connectivity index (χ2v) is 10.0. The quantitative estimate of drug-likeness (QED) is 0.365. The summed E-state index contributed by atoms with van der Waals surface area (Å²) in [6.45, 7) is 6.09. The Morgan fingerprint density at radius 3 is 2.23 bits per heavy atom. The first-order valence-electron chi connectivity index (χ1n) is 12.9. The van der Waals surface area contributed by atoms with Gasteiger partial charge in [-0.2, -0.15) is 0 Å². The molecule has 0 aliphatic heterocycles. The normalized spacial score (nSPS) is 21.9. The standard InChI is InChI=1S/C29H34N2O9/c1-14(2)29(37)40-25-15(3)21(33)24(36)19(31-28-27(39-6)26(38-5)22(34)16(4)30-28)13-20(32)23(35)18(25)12-17-10-8-7-9-11-17/h7-11,14-15,18-19,25,34H,12-13H2,1-6H3,(H,30,31)/t15-,18+,19+,25-/m1/s1. The minimum atomic E-state index is -1.49. The zero-order valence-electron chi connectivity index (χ0n) is 23.3. The molecule has 1 aromatic heterocycles. The molecule has 214 valence electrons. The number of methoxy groups -OCH3 is 2. The molecule has 40 heavy (non-hydrogen) atoms. The van der Waals surface area contributed by atoms with Crippen LogP contribution in [0.5, 0.6) is 17.2 Å². The van der Waals surface area contributed by atoms with Gasteiger partial charge in [-0.1, -0.05) is 51.1 Å². The Hall–Kier alpha value is -4.28. The van der Waals surface area contributed by atoms with E-state index in [1.165, 1.54) is 28.1 Å². The van der Waals surface area contributed by atoms with E-state index in [9.17, 15) is 29.1 Å². The number of hydrogen-bond donors (Lipinski definition) is 2. The van der Waals surface area contributed by atoms with E-state index in [4.69, 9.17) is 14.2 Å². The van der Waals surface area contributed by atoms with Gasteiger partial charge in [0.2, 0.25) is 34.6 Å². The molecule has 3 rings (SSSR count). The number of hydrogen-bond acceptors (Lipinski definition) is 11. The van der Waals surface area contributed by atoms with Crippen LogP contribution in [0, 0.1) is 24.7 Å². The number of aromatic nitrogens is 1. The van der Waals surface area contributed by atoms with Gasteiger partial charge < -0.3 is 24.6 Å². The fraction of sp³-hybridized carbons (Fsp3) is 0.448. The summed E-state index contributed by atoms with van der Waals surface area (Å²) in [5.41, 5.74) is 0.820. The summed E-state index contributed by atoms with van der Waals surface area (Å²) in [5, 5.41) is 13.0. The summed E-state index contributed by atoms with van der Waals surface area (Å²) in [5.74, 6) is -7.83. The molecule has 4 atom stereocenters. The number of aryl methyl sites for hydroxylation is 1. The molecule has 0 radical (unpaired) electrons. The number of nitrogens with one attached hydrogen (secondary N) is 1. The molecule has 0 unspecified atom stereocenters. The molecule has 1 aliphatic carbocycles. The van der Waals surface area contributed by atoms with Gasteiger partial charge in [-0.05, 0) is 18.9 Å². The van der Waals surface area contributed by atoms with Crippen LogP contribution in [0.25, 0.3) is 0 Å². The second-order valence-electron chi connectivity index (χ2n) is 10.0. The van der Waals surface area contributed by atoms with E-state index in [1.54, 1.807) is 44.2 Å². The third-order valence-electron chi connectivity index (χ3n) is 6.86. The van der Waals surface area contributed by atoms with Crippen LogP contribution in [0.3, 0.4) is 0 Å². The van der Waals surface area contributed by atoms with Crippen molar-refractivity contribution in [3.05, 3.63) is 41.6 Å². The van der Waals surface area contributed by atoms with Gasteiger partial charge in [0.1, 0.15) is 12.1 Å². The Morgan fingerprint density at radius 2 is 1.65 bits per heavy atom. The van der Waals surface area contributed by atoms with Crippen molar-refractivity contribution in [3.63, 3.8) is 0 Å². The van der Waals surface area contributed by atoms with Crippen LogP contribution in [0.1, 0.15) is 38.4 Å². The summed E-state index contributed by atoms with van der Waals surface area (Å²) < 4.78 is 16.2. The Balaban J connectivity index is 2.08. The molecule has 1 aromatic carbocycles. The number of ether oxygens (including phenoxy) is 3. The first-order chi connectivity index (χ1) is 18.9. The summed E-state index contributed by atoms with van der Waals surface area (Å²) in [7, 11) is 2.58. The average Bonchev–Trinajstić information content (AvgIpc) is 2.95. The van der Waals surface area contributed by atoms with Crippen molar-refractivity contribution >= 4 is 34.9 Å². The van der Waals surface area contributed by atoms with Crippen molar-refractivity contribution < 1.29 is 43.3 Å². The van der Waals surface area contributed by atoms with Gasteiger partial charge in [0, 0.05) is 6.42 Å². The maximum atomic E-state index is 13.6. The fourth-order valence-corrected chi connectivity index (χ4v) is 4.57. The number of Topliss-reactive ketones (excluding diaryl/α,β-unsaturated/α-hetero) is 4. The predicted octanol–water partition coefficient (Wildman–Crippen LogP) is 2.64. The molecule has 1 heterocycles. The lowest BCUT2D eigenvalue weighted by Crippen LogP contribution is -2.45. The minimum Gasteiger partial charge on any atom is -0.503 e. The van der Waals surface area contributed by atoms with Gasteiger partial charge in [-0.3, -0.25) is 24.0 Å². The lowest BCUT2D eigenvalue weighted by Gasteiger charge is -2.29. The van der Waals surface area contributed by atoms with Crippen LogP contribution in [-0.4, -0.2) is 65.6 Å². The number of rotatable bonds is 8. The highest BCUT2D eigenvalue weighted by Crippen LogP contribution is 2.43. The molecular weight excluding hydrogens is 520 g/mol. The highest BCUT2D eigenvalue weighted by molar-refractivity contribution is 6.44. The number of carbonyl (C=O) groups excluding carboxylic acids is 5. The highest BCUT2D eigenvalue weighted by atomic mass is 16.5. The molecule has 0 spiro atoms. The van der Waals surface area contributed by atoms with Crippen molar-refractivity contribution in [2.45, 2.75) is 52.7 Å². The lowest BCUT2D eigenvalue weighted by molar-refractivity contribution is -0.163. The average molecular weight is 555 g/mol. The summed E-state index contributed by atoms with van der Waals surface area (Å²) in [4.78, 5) is 70.8. The molecule has 0 saturated heterocycles. The van der Waals surface area contributed by atoms with E-state index in [1.807, 2.05) is 0 Å². The van der Waals surface area contributed by atoms with Crippen molar-refractivity contribution in [3.8, 4) is 17.2 Å². The van der Waals surface area contributed by atoms with E-state index in [2.05, 4.69) is 10.3 Å². The first-order valence-corrected chi connectivity index (χ1v) is 12.9. The van der Waals surface area contributed by atoms with Crippen LogP contribution in [-0.2, 0) is 35.1 Å². The second kappa shape index (κ2) is 12.7. The van der Waals surface area contributed by atoms with E-state index >= 15 is 0 Å². The molecule has 2 N–H and O–H groups in total. The topological polar surface area (TPSA) is 158 Å². The molecule has 1 saturated carbocycles. The number of pyridine rings is 1. The maximum absolute atomic E-state index is 13.6. The van der Waals surface area contributed by atoms with Crippen molar-refractivity contribution in [1.82, 2.24) is 4.98 Å². The van der Waals surface area contributed by atoms with E-state index < -0.39 is 65.4 Å². The molecule has 1 fully saturated rings. The van der Waals surface area contributed by atoms with Gasteiger partial charge >= 0.3 is 5.97 Å². The Labute approximate surface area is 232 Å². The third kappa shape index (κ3) is 6.30. The van der Waals surface area contributed by atoms with Crippen LogP contribution in [0.2, 0.25) is 0 Å². The molecule has 0 amide bonds. The smallest absolute Gasteiger partial charge is 0.308 e. The Bertz CT molecular complexity index is 1310. The molecule has 2 aromatic rings. The van der Waals surface area contributed by atoms with Crippen LogP contribution in [0.15, 0.2) is 30.3 Å².